The lowest BCUT2D eigenvalue weighted by Crippen LogP contribution is -2.24. The smallest absolute Gasteiger partial charge is 0.232 e. The van der Waals surface area contributed by atoms with Crippen LogP contribution < -0.4 is 9.62 Å². The Morgan fingerprint density at radius 2 is 2.05 bits per heavy atom. The van der Waals surface area contributed by atoms with E-state index in [4.69, 9.17) is 0 Å². The van der Waals surface area contributed by atoms with Crippen LogP contribution >= 0.6 is 0 Å². The molecule has 0 amide bonds. The molecule has 1 atom stereocenters. The number of hydrogen-bond acceptors (Lipinski definition) is 4. The summed E-state index contributed by atoms with van der Waals surface area (Å²) in [4.78, 5) is 6.62. The molecule has 0 saturated heterocycles. The third kappa shape index (κ3) is 2.78. The summed E-state index contributed by atoms with van der Waals surface area (Å²) in [7, 11) is -3.27. The van der Waals surface area contributed by atoms with Crippen LogP contribution in [0.1, 0.15) is 19.4 Å². The topological polar surface area (TPSA) is 62.3 Å². The lowest BCUT2D eigenvalue weighted by Gasteiger charge is -2.24. The highest BCUT2D eigenvalue weighted by Gasteiger charge is 2.27. The molecule has 5 nitrogen and oxygen atoms in total. The molecule has 0 bridgehead atoms. The van der Waals surface area contributed by atoms with Gasteiger partial charge < -0.3 is 4.90 Å². The van der Waals surface area contributed by atoms with Gasteiger partial charge in [-0.3, -0.25) is 4.72 Å². The lowest BCUT2D eigenvalue weighted by molar-refractivity contribution is 0.602. The molecule has 22 heavy (non-hydrogen) atoms. The number of para-hydroxylation sites is 1. The van der Waals surface area contributed by atoms with E-state index in [-0.39, 0.29) is 5.75 Å². The van der Waals surface area contributed by atoms with Gasteiger partial charge >= 0.3 is 0 Å². The highest BCUT2D eigenvalue weighted by Crippen LogP contribution is 2.37. The van der Waals surface area contributed by atoms with Crippen LogP contribution in [0.3, 0.4) is 0 Å². The monoisotopic (exact) mass is 317 g/mol. The fourth-order valence-corrected chi connectivity index (χ4v) is 3.38. The van der Waals surface area contributed by atoms with Gasteiger partial charge in [-0.15, -0.1) is 0 Å². The Hall–Kier alpha value is -2.08. The van der Waals surface area contributed by atoms with Crippen molar-refractivity contribution in [2.75, 3.05) is 15.4 Å². The predicted molar refractivity (Wildman–Crippen MR) is 89.1 cm³/mol. The highest BCUT2D eigenvalue weighted by atomic mass is 32.2. The number of anilines is 3. The minimum atomic E-state index is -3.27. The minimum Gasteiger partial charge on any atom is -0.323 e. The third-order valence-corrected chi connectivity index (χ3v) is 5.16. The Bertz CT molecular complexity index is 772. The Morgan fingerprint density at radius 1 is 1.27 bits per heavy atom. The van der Waals surface area contributed by atoms with E-state index < -0.39 is 10.0 Å². The molecule has 1 unspecified atom stereocenters. The van der Waals surface area contributed by atoms with Crippen molar-refractivity contribution in [2.24, 2.45) is 0 Å². The van der Waals surface area contributed by atoms with Gasteiger partial charge in [0.2, 0.25) is 10.0 Å². The minimum absolute atomic E-state index is 0.0469. The molecule has 1 N–H and O–H groups in total. The van der Waals surface area contributed by atoms with Crippen LogP contribution in [0, 0.1) is 0 Å². The number of nitrogens with zero attached hydrogens (tertiary/aromatic N) is 2. The van der Waals surface area contributed by atoms with Gasteiger partial charge in [-0.2, -0.15) is 0 Å². The predicted octanol–water partition coefficient (Wildman–Crippen LogP) is 2.93. The number of nitrogens with one attached hydrogen (secondary N) is 1. The Morgan fingerprint density at radius 3 is 2.73 bits per heavy atom. The van der Waals surface area contributed by atoms with E-state index in [1.807, 2.05) is 18.2 Å². The first-order valence-corrected chi connectivity index (χ1v) is 8.99. The Labute approximate surface area is 131 Å². The molecule has 0 saturated carbocycles. The number of sulfonamides is 1. The van der Waals surface area contributed by atoms with E-state index in [1.165, 1.54) is 11.3 Å². The zero-order chi connectivity index (χ0) is 15.7. The van der Waals surface area contributed by atoms with Crippen LogP contribution in [0.4, 0.5) is 17.2 Å². The van der Waals surface area contributed by atoms with Gasteiger partial charge in [-0.1, -0.05) is 18.2 Å². The summed E-state index contributed by atoms with van der Waals surface area (Å²) in [6.07, 6.45) is 2.55. The maximum Gasteiger partial charge on any atom is 0.232 e. The van der Waals surface area contributed by atoms with Gasteiger partial charge in [-0.25, -0.2) is 13.4 Å². The second-order valence-corrected chi connectivity index (χ2v) is 7.47. The van der Waals surface area contributed by atoms with Gasteiger partial charge in [0.05, 0.1) is 17.6 Å². The highest BCUT2D eigenvalue weighted by molar-refractivity contribution is 7.92. The number of pyridine rings is 1. The molecule has 1 aliphatic heterocycles. The fraction of sp³-hybridized carbons (Fsp3) is 0.312. The SMILES string of the molecule is CCS(=O)(=O)Nc1ccc(N2c3ccccc3CC2C)nc1. The molecule has 1 aromatic carbocycles. The average molecular weight is 317 g/mol. The number of rotatable bonds is 4. The summed E-state index contributed by atoms with van der Waals surface area (Å²) in [5.74, 6) is 0.877. The standard InChI is InChI=1S/C16H19N3O2S/c1-3-22(20,21)18-14-8-9-16(17-11-14)19-12(2)10-13-6-4-5-7-15(13)19/h4-9,11-12,18H,3,10H2,1-2H3. The van der Waals surface area contributed by atoms with Crippen LogP contribution in [0.15, 0.2) is 42.6 Å². The second-order valence-electron chi connectivity index (χ2n) is 5.46. The van der Waals surface area contributed by atoms with Crippen molar-refractivity contribution in [2.45, 2.75) is 26.3 Å². The summed E-state index contributed by atoms with van der Waals surface area (Å²) in [5.41, 5.74) is 2.97. The van der Waals surface area contributed by atoms with Crippen LogP contribution in [0.2, 0.25) is 0 Å². The molecule has 2 heterocycles. The van der Waals surface area contributed by atoms with Crippen LogP contribution in [-0.4, -0.2) is 25.2 Å². The van der Waals surface area contributed by atoms with Crippen LogP contribution in [0.25, 0.3) is 0 Å². The molecule has 1 aromatic heterocycles. The molecular weight excluding hydrogens is 298 g/mol. The van der Waals surface area contributed by atoms with Gasteiger partial charge in [0.25, 0.3) is 0 Å². The summed E-state index contributed by atoms with van der Waals surface area (Å²) < 4.78 is 25.7. The molecule has 0 fully saturated rings. The first-order chi connectivity index (χ1) is 10.5. The number of hydrogen-bond donors (Lipinski definition) is 1. The molecule has 116 valence electrons. The van der Waals surface area contributed by atoms with Crippen LogP contribution in [-0.2, 0) is 16.4 Å². The van der Waals surface area contributed by atoms with Crippen molar-refractivity contribution < 1.29 is 8.42 Å². The normalized spacial score (nSPS) is 17.4. The van der Waals surface area contributed by atoms with Gasteiger partial charge in [-0.05, 0) is 44.0 Å². The lowest BCUT2D eigenvalue weighted by atomic mass is 10.1. The van der Waals surface area contributed by atoms with Crippen molar-refractivity contribution >= 4 is 27.2 Å². The van der Waals surface area contributed by atoms with Crippen molar-refractivity contribution in [3.05, 3.63) is 48.2 Å². The van der Waals surface area contributed by atoms with Crippen molar-refractivity contribution in [1.82, 2.24) is 4.98 Å². The van der Waals surface area contributed by atoms with Crippen LogP contribution in [0.5, 0.6) is 0 Å². The summed E-state index contributed by atoms with van der Waals surface area (Å²) in [6.45, 7) is 3.77. The first kappa shape index (κ1) is 14.8. The fourth-order valence-electron chi connectivity index (χ4n) is 2.76. The number of aromatic nitrogens is 1. The quantitative estimate of drug-likeness (QED) is 0.942. The van der Waals surface area contributed by atoms with E-state index in [2.05, 4.69) is 33.7 Å². The summed E-state index contributed by atoms with van der Waals surface area (Å²) >= 11 is 0. The molecule has 2 aromatic rings. The molecule has 1 aliphatic rings. The van der Waals surface area contributed by atoms with Gasteiger partial charge in [0, 0.05) is 11.7 Å². The van der Waals surface area contributed by atoms with E-state index >= 15 is 0 Å². The number of benzene rings is 1. The number of fused-ring (bicyclic) bond motifs is 1. The summed E-state index contributed by atoms with van der Waals surface area (Å²) in [5, 5.41) is 0. The first-order valence-electron chi connectivity index (χ1n) is 7.34. The van der Waals surface area contributed by atoms with Gasteiger partial charge in [0.1, 0.15) is 5.82 Å². The zero-order valence-corrected chi connectivity index (χ0v) is 13.5. The second kappa shape index (κ2) is 5.61. The van der Waals surface area contributed by atoms with Crippen molar-refractivity contribution in [3.63, 3.8) is 0 Å². The van der Waals surface area contributed by atoms with E-state index in [0.29, 0.717) is 11.7 Å². The maximum absolute atomic E-state index is 11.6. The molecular formula is C16H19N3O2S. The molecule has 3 rings (SSSR count). The Kier molecular flexibility index (Phi) is 3.78. The molecule has 6 heteroatoms. The Balaban J connectivity index is 1.88. The molecule has 0 radical (unpaired) electrons. The van der Waals surface area contributed by atoms with Crippen molar-refractivity contribution in [1.29, 1.82) is 0 Å². The largest absolute Gasteiger partial charge is 0.323 e. The van der Waals surface area contributed by atoms with E-state index in [0.717, 1.165) is 12.2 Å². The van der Waals surface area contributed by atoms with E-state index in [1.54, 1.807) is 19.2 Å². The van der Waals surface area contributed by atoms with E-state index in [9.17, 15) is 8.42 Å². The van der Waals surface area contributed by atoms with Gasteiger partial charge in [0.15, 0.2) is 0 Å². The zero-order valence-electron chi connectivity index (χ0n) is 12.7. The summed E-state index contributed by atoms with van der Waals surface area (Å²) in [6, 6.07) is 12.2. The molecule has 0 aliphatic carbocycles. The molecule has 0 spiro atoms. The third-order valence-electron chi connectivity index (χ3n) is 3.86. The maximum atomic E-state index is 11.6. The van der Waals surface area contributed by atoms with Crippen molar-refractivity contribution in [3.8, 4) is 0 Å². The average Bonchev–Trinajstić information content (AvgIpc) is 2.84.